The smallest absolute Gasteiger partial charge is 0.352 e. The summed E-state index contributed by atoms with van der Waals surface area (Å²) in [5.41, 5.74) is 0.218. The number of benzene rings is 1. The molecule has 8 nitrogen and oxygen atoms in total. The van der Waals surface area contributed by atoms with Crippen LogP contribution in [0.1, 0.15) is 25.3 Å². The van der Waals surface area contributed by atoms with E-state index >= 15 is 0 Å². The highest BCUT2D eigenvalue weighted by atomic mass is 35.5. The second-order valence-corrected chi connectivity index (χ2v) is 8.02. The predicted octanol–water partition coefficient (Wildman–Crippen LogP) is 2.24. The third kappa shape index (κ3) is 4.30. The van der Waals surface area contributed by atoms with Crippen molar-refractivity contribution in [3.63, 3.8) is 0 Å². The van der Waals surface area contributed by atoms with Gasteiger partial charge in [0.1, 0.15) is 18.2 Å². The van der Waals surface area contributed by atoms with Crippen molar-refractivity contribution in [1.82, 2.24) is 24.5 Å². The van der Waals surface area contributed by atoms with Crippen LogP contribution in [0.5, 0.6) is 0 Å². The van der Waals surface area contributed by atoms with E-state index in [1.54, 1.807) is 12.3 Å². The van der Waals surface area contributed by atoms with Crippen LogP contribution in [0.25, 0.3) is 5.78 Å². The lowest BCUT2D eigenvalue weighted by Gasteiger charge is -2.31. The lowest BCUT2D eigenvalue weighted by molar-refractivity contribution is -0.122. The molecule has 0 bridgehead atoms. The number of amides is 1. The van der Waals surface area contributed by atoms with Gasteiger partial charge in [0, 0.05) is 25.8 Å². The molecule has 1 aliphatic rings. The van der Waals surface area contributed by atoms with Crippen molar-refractivity contribution in [2.75, 3.05) is 18.0 Å². The van der Waals surface area contributed by atoms with E-state index < -0.39 is 17.4 Å². The molecule has 0 spiro atoms. The highest BCUT2D eigenvalue weighted by Crippen LogP contribution is 2.21. The van der Waals surface area contributed by atoms with Crippen LogP contribution in [0.4, 0.5) is 10.2 Å². The summed E-state index contributed by atoms with van der Waals surface area (Å²) in [6.45, 7) is 3.98. The van der Waals surface area contributed by atoms with Crippen molar-refractivity contribution in [1.29, 1.82) is 0 Å². The standard InChI is InChI=1S/C20H22ClFN6O2/c1-13-3-2-7-26(11-13)17-6-8-27-19(24-17)25-28(20(27)30)12-18(29)23-10-14-4-5-16(22)15(21)9-14/h4-6,8-9,13H,2-3,7,10-12H2,1H3,(H,23,29)/t13-/m0/s1. The van der Waals surface area contributed by atoms with Gasteiger partial charge in [-0.05, 0) is 42.5 Å². The minimum absolute atomic E-state index is 0.0108. The van der Waals surface area contributed by atoms with Gasteiger partial charge < -0.3 is 10.2 Å². The number of aromatic nitrogens is 4. The molecular formula is C20H22ClFN6O2. The zero-order chi connectivity index (χ0) is 21.3. The van der Waals surface area contributed by atoms with Crippen LogP contribution in [0.2, 0.25) is 5.02 Å². The third-order valence-corrected chi connectivity index (χ3v) is 5.48. The van der Waals surface area contributed by atoms with Crippen molar-refractivity contribution in [3.8, 4) is 0 Å². The summed E-state index contributed by atoms with van der Waals surface area (Å²) in [5, 5.41) is 6.87. The molecule has 0 radical (unpaired) electrons. The maximum atomic E-state index is 13.2. The molecule has 3 heterocycles. The zero-order valence-electron chi connectivity index (χ0n) is 16.5. The number of carbonyl (C=O) groups excluding carboxylic acids is 1. The van der Waals surface area contributed by atoms with Crippen LogP contribution in [0, 0.1) is 11.7 Å². The number of fused-ring (bicyclic) bond motifs is 1. The third-order valence-electron chi connectivity index (χ3n) is 5.19. The fraction of sp³-hybridized carbons (Fsp3) is 0.400. The Morgan fingerprint density at radius 2 is 2.20 bits per heavy atom. The monoisotopic (exact) mass is 432 g/mol. The molecule has 10 heteroatoms. The number of halogens is 2. The van der Waals surface area contributed by atoms with Crippen molar-refractivity contribution in [2.24, 2.45) is 5.92 Å². The van der Waals surface area contributed by atoms with Gasteiger partial charge in [-0.25, -0.2) is 18.3 Å². The van der Waals surface area contributed by atoms with E-state index in [-0.39, 0.29) is 23.9 Å². The second-order valence-electron chi connectivity index (χ2n) is 7.61. The van der Waals surface area contributed by atoms with Crippen LogP contribution in [0.3, 0.4) is 0 Å². The van der Waals surface area contributed by atoms with Crippen molar-refractivity contribution < 1.29 is 9.18 Å². The molecule has 0 unspecified atom stereocenters. The molecule has 1 aliphatic heterocycles. The SMILES string of the molecule is C[C@H]1CCCN(c2ccn3c(=O)n(CC(=O)NCc4ccc(F)c(Cl)c4)nc3n2)C1. The van der Waals surface area contributed by atoms with E-state index in [1.165, 1.54) is 29.0 Å². The van der Waals surface area contributed by atoms with Crippen molar-refractivity contribution in [3.05, 3.63) is 57.3 Å². The summed E-state index contributed by atoms with van der Waals surface area (Å²) in [4.78, 5) is 31.5. The summed E-state index contributed by atoms with van der Waals surface area (Å²) in [6, 6.07) is 6.02. The summed E-state index contributed by atoms with van der Waals surface area (Å²) >= 11 is 5.75. The van der Waals surface area contributed by atoms with Gasteiger partial charge in [0.25, 0.3) is 5.78 Å². The molecular weight excluding hydrogens is 411 g/mol. The van der Waals surface area contributed by atoms with Gasteiger partial charge in [-0.2, -0.15) is 4.98 Å². The number of nitrogens with one attached hydrogen (secondary N) is 1. The van der Waals surface area contributed by atoms with E-state index in [0.717, 1.165) is 30.0 Å². The van der Waals surface area contributed by atoms with Gasteiger partial charge in [0.2, 0.25) is 5.91 Å². The van der Waals surface area contributed by atoms with Crippen molar-refractivity contribution in [2.45, 2.75) is 32.9 Å². The van der Waals surface area contributed by atoms with Gasteiger partial charge in [-0.1, -0.05) is 24.6 Å². The molecule has 3 aromatic rings. The second kappa shape index (κ2) is 8.43. The Hall–Kier alpha value is -2.94. The normalized spacial score (nSPS) is 16.8. The Labute approximate surface area is 177 Å². The van der Waals surface area contributed by atoms with Gasteiger partial charge in [0.15, 0.2) is 0 Å². The molecule has 1 atom stereocenters. The number of hydrogen-bond donors (Lipinski definition) is 1. The number of carbonyl (C=O) groups is 1. The van der Waals surface area contributed by atoms with E-state index in [4.69, 9.17) is 11.6 Å². The first kappa shape index (κ1) is 20.3. The number of rotatable bonds is 5. The Morgan fingerprint density at radius 1 is 1.37 bits per heavy atom. The zero-order valence-corrected chi connectivity index (χ0v) is 17.3. The number of nitrogens with zero attached hydrogens (tertiary/aromatic N) is 5. The average molecular weight is 433 g/mol. The first-order chi connectivity index (χ1) is 14.4. The minimum Gasteiger partial charge on any atom is -0.356 e. The van der Waals surface area contributed by atoms with Gasteiger partial charge in [0.05, 0.1) is 5.02 Å². The van der Waals surface area contributed by atoms with Gasteiger partial charge >= 0.3 is 5.69 Å². The van der Waals surface area contributed by atoms with Gasteiger partial charge in [-0.15, -0.1) is 5.10 Å². The average Bonchev–Trinajstić information content (AvgIpc) is 3.03. The van der Waals surface area contributed by atoms with Crippen LogP contribution in [0.15, 0.2) is 35.3 Å². The molecule has 0 saturated carbocycles. The Kier molecular flexibility index (Phi) is 5.72. The Bertz CT molecular complexity index is 1140. The Balaban J connectivity index is 1.45. The minimum atomic E-state index is -0.520. The fourth-order valence-corrected chi connectivity index (χ4v) is 3.82. The van der Waals surface area contributed by atoms with Crippen LogP contribution in [-0.4, -0.2) is 38.2 Å². The summed E-state index contributed by atoms with van der Waals surface area (Å²) in [7, 11) is 0. The molecule has 2 aromatic heterocycles. The lowest BCUT2D eigenvalue weighted by Crippen LogP contribution is -2.35. The first-order valence-electron chi connectivity index (χ1n) is 9.82. The van der Waals surface area contributed by atoms with Gasteiger partial charge in [-0.3, -0.25) is 4.79 Å². The molecule has 1 N–H and O–H groups in total. The molecule has 158 valence electrons. The molecule has 0 aliphatic carbocycles. The Morgan fingerprint density at radius 3 is 2.97 bits per heavy atom. The predicted molar refractivity (Wildman–Crippen MR) is 111 cm³/mol. The molecule has 1 amide bonds. The number of hydrogen-bond acceptors (Lipinski definition) is 5. The van der Waals surface area contributed by atoms with E-state index in [2.05, 4.69) is 27.2 Å². The van der Waals surface area contributed by atoms with E-state index in [0.29, 0.717) is 11.5 Å². The van der Waals surface area contributed by atoms with Crippen molar-refractivity contribution >= 4 is 29.1 Å². The highest BCUT2D eigenvalue weighted by molar-refractivity contribution is 6.30. The maximum absolute atomic E-state index is 13.2. The molecule has 4 rings (SSSR count). The van der Waals surface area contributed by atoms with Crippen LogP contribution in [-0.2, 0) is 17.9 Å². The topological polar surface area (TPSA) is 84.5 Å². The highest BCUT2D eigenvalue weighted by Gasteiger charge is 2.19. The molecule has 1 saturated heterocycles. The fourth-order valence-electron chi connectivity index (χ4n) is 3.62. The molecule has 1 fully saturated rings. The van der Waals surface area contributed by atoms with Crippen LogP contribution >= 0.6 is 11.6 Å². The summed E-state index contributed by atoms with van der Waals surface area (Å²) in [6.07, 6.45) is 3.95. The van der Waals surface area contributed by atoms with E-state index in [9.17, 15) is 14.0 Å². The lowest BCUT2D eigenvalue weighted by atomic mass is 10.0. The van der Waals surface area contributed by atoms with Crippen LogP contribution < -0.4 is 15.9 Å². The quantitative estimate of drug-likeness (QED) is 0.668. The first-order valence-corrected chi connectivity index (χ1v) is 10.2. The molecule has 30 heavy (non-hydrogen) atoms. The summed E-state index contributed by atoms with van der Waals surface area (Å²) in [5.74, 6) is 0.716. The van der Waals surface area contributed by atoms with E-state index in [1.807, 2.05) is 0 Å². The molecule has 1 aromatic carbocycles. The number of piperidine rings is 1. The number of anilines is 1. The summed E-state index contributed by atoms with van der Waals surface area (Å²) < 4.78 is 15.6. The largest absolute Gasteiger partial charge is 0.356 e. The maximum Gasteiger partial charge on any atom is 0.352 e.